The van der Waals surface area contributed by atoms with Crippen LogP contribution in [0.25, 0.3) is 11.5 Å². The number of ether oxygens (including phenoxy) is 1. The van der Waals surface area contributed by atoms with Crippen molar-refractivity contribution >= 4 is 0 Å². The summed E-state index contributed by atoms with van der Waals surface area (Å²) in [5, 5.41) is 22.7. The number of β-amino-alcohol motifs (C(OH)–C–C–N with tert-alkyl or cyclic N) is 1. The smallest absolute Gasteiger partial charge is 0.247 e. The van der Waals surface area contributed by atoms with Crippen molar-refractivity contribution in [3.8, 4) is 17.2 Å². The normalized spacial score (nSPS) is 20.5. The second-order valence-corrected chi connectivity index (χ2v) is 6.32. The van der Waals surface area contributed by atoms with E-state index in [4.69, 9.17) is 9.15 Å². The Kier molecular flexibility index (Phi) is 4.68. The Bertz CT molecular complexity index is 847. The molecule has 1 saturated heterocycles. The summed E-state index contributed by atoms with van der Waals surface area (Å²) < 4.78 is 13.4. The monoisotopic (exact) mass is 355 g/mol. The minimum Gasteiger partial charge on any atom is -0.483 e. The molecule has 0 unspecified atom stereocenters. The van der Waals surface area contributed by atoms with Gasteiger partial charge in [-0.15, -0.1) is 10.2 Å². The molecule has 1 aliphatic heterocycles. The second kappa shape index (κ2) is 7.27. The van der Waals surface area contributed by atoms with Gasteiger partial charge in [0.1, 0.15) is 12.2 Å². The van der Waals surface area contributed by atoms with Crippen molar-refractivity contribution in [2.45, 2.75) is 32.2 Å². The Morgan fingerprint density at radius 3 is 2.85 bits per heavy atom. The molecule has 0 aliphatic carbocycles. The molecule has 3 aromatic rings. The van der Waals surface area contributed by atoms with Crippen molar-refractivity contribution in [1.29, 1.82) is 0 Å². The van der Waals surface area contributed by atoms with Crippen LogP contribution in [-0.4, -0.2) is 55.3 Å². The van der Waals surface area contributed by atoms with Gasteiger partial charge in [0.15, 0.2) is 5.75 Å². The fraction of sp³-hybridized carbons (Fsp3) is 0.389. The van der Waals surface area contributed by atoms with E-state index in [2.05, 4.69) is 15.3 Å². The van der Waals surface area contributed by atoms with Gasteiger partial charge < -0.3 is 14.3 Å². The Morgan fingerprint density at radius 1 is 1.23 bits per heavy atom. The molecule has 2 aromatic heterocycles. The highest BCUT2D eigenvalue weighted by Gasteiger charge is 2.34. The summed E-state index contributed by atoms with van der Waals surface area (Å²) >= 11 is 0. The van der Waals surface area contributed by atoms with Gasteiger partial charge >= 0.3 is 0 Å². The van der Waals surface area contributed by atoms with Gasteiger partial charge in [0.2, 0.25) is 11.8 Å². The van der Waals surface area contributed by atoms with Crippen LogP contribution in [0, 0.1) is 0 Å². The van der Waals surface area contributed by atoms with Crippen molar-refractivity contribution in [2.24, 2.45) is 0 Å². The van der Waals surface area contributed by atoms with Crippen LogP contribution in [0.2, 0.25) is 0 Å². The fourth-order valence-corrected chi connectivity index (χ4v) is 3.04. The van der Waals surface area contributed by atoms with E-state index in [0.717, 1.165) is 12.1 Å². The van der Waals surface area contributed by atoms with Crippen molar-refractivity contribution in [3.05, 3.63) is 48.6 Å². The number of aliphatic hydroxyl groups excluding tert-OH is 1. The zero-order valence-corrected chi connectivity index (χ0v) is 14.5. The lowest BCUT2D eigenvalue weighted by Gasteiger charge is -2.15. The third-order valence-electron chi connectivity index (χ3n) is 4.38. The fourth-order valence-electron chi connectivity index (χ4n) is 3.04. The summed E-state index contributed by atoms with van der Waals surface area (Å²) in [6.07, 6.45) is 2.63. The molecule has 8 nitrogen and oxygen atoms in total. The van der Waals surface area contributed by atoms with E-state index in [-0.39, 0.29) is 6.10 Å². The SMILES string of the molecule is CCn1cc(O[C@@H]2CN(Cc3nnc(-c4ccccc4)o3)C[C@H]2O)cn1. The Morgan fingerprint density at radius 2 is 2.08 bits per heavy atom. The topological polar surface area (TPSA) is 89.4 Å². The van der Waals surface area contributed by atoms with E-state index in [1.165, 1.54) is 0 Å². The standard InChI is InChI=1S/C18H21N5O3/c1-2-23-9-14(8-19-23)25-16-11-22(10-15(16)24)12-17-20-21-18(26-17)13-6-4-3-5-7-13/h3-9,15-16,24H,2,10-12H2,1H3/t15-,16-/m1/s1. The summed E-state index contributed by atoms with van der Waals surface area (Å²) in [4.78, 5) is 2.04. The number of hydrogen-bond acceptors (Lipinski definition) is 7. The molecule has 136 valence electrons. The average Bonchev–Trinajstić information content (AvgIpc) is 3.38. The maximum Gasteiger partial charge on any atom is 0.247 e. The van der Waals surface area contributed by atoms with Gasteiger partial charge in [-0.1, -0.05) is 18.2 Å². The molecule has 0 spiro atoms. The first kappa shape index (κ1) is 16.7. The summed E-state index contributed by atoms with van der Waals surface area (Å²) in [6.45, 7) is 4.35. The molecule has 1 aliphatic rings. The first-order valence-electron chi connectivity index (χ1n) is 8.68. The lowest BCUT2D eigenvalue weighted by molar-refractivity contribution is 0.0736. The molecule has 1 aromatic carbocycles. The summed E-state index contributed by atoms with van der Waals surface area (Å²) in [5.41, 5.74) is 0.891. The van der Waals surface area contributed by atoms with Gasteiger partial charge in [0.05, 0.1) is 18.9 Å². The van der Waals surface area contributed by atoms with E-state index in [1.54, 1.807) is 10.9 Å². The van der Waals surface area contributed by atoms with Gasteiger partial charge in [0.25, 0.3) is 0 Å². The highest BCUT2D eigenvalue weighted by atomic mass is 16.5. The third kappa shape index (κ3) is 3.61. The van der Waals surface area contributed by atoms with Crippen molar-refractivity contribution in [1.82, 2.24) is 24.9 Å². The molecule has 4 rings (SSSR count). The number of benzene rings is 1. The van der Waals surface area contributed by atoms with E-state index in [1.807, 2.05) is 48.4 Å². The minimum atomic E-state index is -0.573. The molecule has 2 atom stereocenters. The summed E-state index contributed by atoms with van der Waals surface area (Å²) in [7, 11) is 0. The Balaban J connectivity index is 1.37. The van der Waals surface area contributed by atoms with Crippen LogP contribution in [0.1, 0.15) is 12.8 Å². The summed E-state index contributed by atoms with van der Waals surface area (Å²) in [6, 6.07) is 9.66. The molecule has 0 saturated carbocycles. The van der Waals surface area contributed by atoms with Crippen LogP contribution in [0.15, 0.2) is 47.1 Å². The number of aromatic nitrogens is 4. The molecule has 1 N–H and O–H groups in total. The first-order chi connectivity index (χ1) is 12.7. The predicted octanol–water partition coefficient (Wildman–Crippen LogP) is 1.58. The summed E-state index contributed by atoms with van der Waals surface area (Å²) in [5.74, 6) is 1.69. The van der Waals surface area contributed by atoms with E-state index >= 15 is 0 Å². The molecule has 0 radical (unpaired) electrons. The minimum absolute atomic E-state index is 0.305. The molecule has 0 amide bonds. The first-order valence-corrected chi connectivity index (χ1v) is 8.68. The zero-order chi connectivity index (χ0) is 17.9. The number of rotatable bonds is 6. The van der Waals surface area contributed by atoms with Gasteiger partial charge in [-0.25, -0.2) is 0 Å². The lowest BCUT2D eigenvalue weighted by Crippen LogP contribution is -2.29. The quantitative estimate of drug-likeness (QED) is 0.718. The number of nitrogens with zero attached hydrogens (tertiary/aromatic N) is 5. The van der Waals surface area contributed by atoms with E-state index in [0.29, 0.717) is 37.2 Å². The highest BCUT2D eigenvalue weighted by Crippen LogP contribution is 2.22. The molecular formula is C18H21N5O3. The zero-order valence-electron chi connectivity index (χ0n) is 14.5. The van der Waals surface area contributed by atoms with Gasteiger partial charge in [-0.3, -0.25) is 9.58 Å². The van der Waals surface area contributed by atoms with E-state index < -0.39 is 6.10 Å². The average molecular weight is 355 g/mol. The highest BCUT2D eigenvalue weighted by molar-refractivity contribution is 5.51. The molecule has 8 heteroatoms. The van der Waals surface area contributed by atoms with E-state index in [9.17, 15) is 5.11 Å². The van der Waals surface area contributed by atoms with Crippen molar-refractivity contribution < 1.29 is 14.3 Å². The molecule has 0 bridgehead atoms. The van der Waals surface area contributed by atoms with Crippen LogP contribution in [0.4, 0.5) is 0 Å². The van der Waals surface area contributed by atoms with Crippen molar-refractivity contribution in [3.63, 3.8) is 0 Å². The maximum absolute atomic E-state index is 10.3. The Labute approximate surface area is 151 Å². The molecule has 3 heterocycles. The Hall–Kier alpha value is -2.71. The van der Waals surface area contributed by atoms with Crippen LogP contribution in [0.3, 0.4) is 0 Å². The number of hydrogen-bond donors (Lipinski definition) is 1. The van der Waals surface area contributed by atoms with Gasteiger partial charge in [0, 0.05) is 25.2 Å². The third-order valence-corrected chi connectivity index (χ3v) is 4.38. The largest absolute Gasteiger partial charge is 0.483 e. The second-order valence-electron chi connectivity index (χ2n) is 6.32. The van der Waals surface area contributed by atoms with Gasteiger partial charge in [-0.05, 0) is 19.1 Å². The van der Waals surface area contributed by atoms with Crippen LogP contribution in [0.5, 0.6) is 5.75 Å². The van der Waals surface area contributed by atoms with Crippen LogP contribution >= 0.6 is 0 Å². The maximum atomic E-state index is 10.3. The molecule has 26 heavy (non-hydrogen) atoms. The molecular weight excluding hydrogens is 334 g/mol. The van der Waals surface area contributed by atoms with Crippen LogP contribution < -0.4 is 4.74 Å². The van der Waals surface area contributed by atoms with Crippen molar-refractivity contribution in [2.75, 3.05) is 13.1 Å². The molecule has 1 fully saturated rings. The number of likely N-dealkylation sites (tertiary alicyclic amines) is 1. The number of aliphatic hydroxyl groups is 1. The predicted molar refractivity (Wildman–Crippen MR) is 93.3 cm³/mol. The van der Waals surface area contributed by atoms with Crippen LogP contribution in [-0.2, 0) is 13.1 Å². The lowest BCUT2D eigenvalue weighted by atomic mass is 10.2. The van der Waals surface area contributed by atoms with Gasteiger partial charge in [-0.2, -0.15) is 5.10 Å². The number of aryl methyl sites for hydroxylation is 1.